The first-order chi connectivity index (χ1) is 13.4. The van der Waals surface area contributed by atoms with Gasteiger partial charge in [-0.2, -0.15) is 0 Å². The summed E-state index contributed by atoms with van der Waals surface area (Å²) in [6.07, 6.45) is 1.45. The van der Waals surface area contributed by atoms with Crippen molar-refractivity contribution in [3.8, 4) is 11.4 Å². The molecule has 1 heterocycles. The van der Waals surface area contributed by atoms with Gasteiger partial charge in [-0.15, -0.1) is 0 Å². The van der Waals surface area contributed by atoms with Gasteiger partial charge in [0.2, 0.25) is 0 Å². The summed E-state index contributed by atoms with van der Waals surface area (Å²) in [5, 5.41) is 16.1. The number of carbonyl (C=O) groups is 2. The quantitative estimate of drug-likeness (QED) is 0.240. The lowest BCUT2D eigenvalue weighted by Gasteiger charge is -2.04. The van der Waals surface area contributed by atoms with Crippen molar-refractivity contribution in [1.29, 1.82) is 5.41 Å². The Morgan fingerprint density at radius 1 is 1.07 bits per heavy atom. The van der Waals surface area contributed by atoms with E-state index >= 15 is 0 Å². The van der Waals surface area contributed by atoms with E-state index in [1.165, 1.54) is 0 Å². The van der Waals surface area contributed by atoms with Crippen LogP contribution in [0.2, 0.25) is 0 Å². The van der Waals surface area contributed by atoms with Gasteiger partial charge in [-0.1, -0.05) is 24.3 Å². The minimum absolute atomic E-state index is 0.00898. The number of ketones is 1. The highest BCUT2D eigenvalue weighted by atomic mass is 16.4. The molecular formula is C21H22N4O3. The third-order valence-electron chi connectivity index (χ3n) is 4.70. The molecule has 0 atom stereocenters. The summed E-state index contributed by atoms with van der Waals surface area (Å²) in [5.41, 5.74) is 9.26. The number of benzene rings is 2. The molecule has 0 aliphatic rings. The SMILES string of the molecule is Cn1c(-c2ccc(C(=N)N)cc2)nc2cc(C(=O)CCCCC(=O)O)ccc21. The lowest BCUT2D eigenvalue weighted by atomic mass is 10.0. The molecule has 4 N–H and O–H groups in total. The van der Waals surface area contributed by atoms with Gasteiger partial charge in [0, 0.05) is 36.6 Å². The van der Waals surface area contributed by atoms with Crippen molar-refractivity contribution in [2.75, 3.05) is 0 Å². The third-order valence-corrected chi connectivity index (χ3v) is 4.70. The minimum Gasteiger partial charge on any atom is -0.481 e. The number of Topliss-reactive ketones (excluding diaryl/α,β-unsaturated/α-hetero) is 1. The zero-order chi connectivity index (χ0) is 20.3. The molecule has 0 spiro atoms. The Labute approximate surface area is 162 Å². The Kier molecular flexibility index (Phi) is 5.54. The van der Waals surface area contributed by atoms with Crippen LogP contribution in [0.1, 0.15) is 41.6 Å². The monoisotopic (exact) mass is 378 g/mol. The molecule has 3 aromatic rings. The molecule has 0 saturated heterocycles. The Balaban J connectivity index is 1.82. The van der Waals surface area contributed by atoms with Crippen molar-refractivity contribution < 1.29 is 14.7 Å². The lowest BCUT2D eigenvalue weighted by Crippen LogP contribution is -2.10. The lowest BCUT2D eigenvalue weighted by molar-refractivity contribution is -0.137. The Bertz CT molecular complexity index is 1050. The molecule has 2 aromatic carbocycles. The number of rotatable bonds is 8. The minimum atomic E-state index is -0.841. The number of nitrogens with two attached hydrogens (primary N) is 1. The van der Waals surface area contributed by atoms with Crippen molar-refractivity contribution in [3.63, 3.8) is 0 Å². The van der Waals surface area contributed by atoms with E-state index in [0.717, 1.165) is 22.4 Å². The van der Waals surface area contributed by atoms with E-state index in [2.05, 4.69) is 4.98 Å². The number of amidine groups is 1. The zero-order valence-electron chi connectivity index (χ0n) is 15.6. The molecular weight excluding hydrogens is 356 g/mol. The summed E-state index contributed by atoms with van der Waals surface area (Å²) in [7, 11) is 1.91. The number of nitrogens with zero attached hydrogens (tertiary/aromatic N) is 2. The second-order valence-corrected chi connectivity index (χ2v) is 6.71. The third kappa shape index (κ3) is 4.09. The number of aromatic nitrogens is 2. The highest BCUT2D eigenvalue weighted by Gasteiger charge is 2.13. The fourth-order valence-corrected chi connectivity index (χ4v) is 3.14. The highest BCUT2D eigenvalue weighted by molar-refractivity contribution is 5.99. The normalized spacial score (nSPS) is 10.9. The van der Waals surface area contributed by atoms with Gasteiger partial charge in [0.05, 0.1) is 11.0 Å². The number of carboxylic acids is 1. The fourth-order valence-electron chi connectivity index (χ4n) is 3.14. The van der Waals surface area contributed by atoms with Crippen LogP contribution in [0.3, 0.4) is 0 Å². The molecule has 144 valence electrons. The van der Waals surface area contributed by atoms with Crippen LogP contribution in [-0.4, -0.2) is 32.2 Å². The molecule has 0 aliphatic heterocycles. The Morgan fingerprint density at radius 2 is 1.71 bits per heavy atom. The summed E-state index contributed by atoms with van der Waals surface area (Å²) < 4.78 is 1.96. The zero-order valence-corrected chi connectivity index (χ0v) is 15.6. The number of nitrogens with one attached hydrogen (secondary N) is 1. The van der Waals surface area contributed by atoms with Gasteiger partial charge in [-0.05, 0) is 31.0 Å². The van der Waals surface area contributed by atoms with E-state index in [1.54, 1.807) is 24.3 Å². The Hall–Kier alpha value is -3.48. The van der Waals surface area contributed by atoms with Gasteiger partial charge in [0.25, 0.3) is 0 Å². The van der Waals surface area contributed by atoms with Crippen LogP contribution in [-0.2, 0) is 11.8 Å². The topological polar surface area (TPSA) is 122 Å². The highest BCUT2D eigenvalue weighted by Crippen LogP contribution is 2.25. The van der Waals surface area contributed by atoms with Gasteiger partial charge in [0.15, 0.2) is 5.78 Å². The van der Waals surface area contributed by atoms with Crippen LogP contribution in [0.4, 0.5) is 0 Å². The maximum Gasteiger partial charge on any atom is 0.303 e. The summed E-state index contributed by atoms with van der Waals surface area (Å²) in [4.78, 5) is 27.6. The van der Waals surface area contributed by atoms with Gasteiger partial charge >= 0.3 is 5.97 Å². The second kappa shape index (κ2) is 8.04. The number of hydrogen-bond donors (Lipinski definition) is 3. The van der Waals surface area contributed by atoms with Gasteiger partial charge in [0.1, 0.15) is 11.7 Å². The van der Waals surface area contributed by atoms with Gasteiger partial charge in [-0.25, -0.2) is 4.98 Å². The number of fused-ring (bicyclic) bond motifs is 1. The van der Waals surface area contributed by atoms with E-state index in [1.807, 2.05) is 29.8 Å². The molecule has 0 unspecified atom stereocenters. The molecule has 0 fully saturated rings. The molecule has 0 bridgehead atoms. The maximum atomic E-state index is 12.4. The molecule has 0 radical (unpaired) electrons. The summed E-state index contributed by atoms with van der Waals surface area (Å²) in [5.74, 6) is -0.0734. The number of carboxylic acid groups (broad SMARTS) is 1. The molecule has 28 heavy (non-hydrogen) atoms. The largest absolute Gasteiger partial charge is 0.481 e. The number of aryl methyl sites for hydroxylation is 1. The fraction of sp³-hybridized carbons (Fsp3) is 0.238. The van der Waals surface area contributed by atoms with Crippen LogP contribution >= 0.6 is 0 Å². The van der Waals surface area contributed by atoms with E-state index in [9.17, 15) is 9.59 Å². The first kappa shape index (κ1) is 19.3. The number of nitrogen functional groups attached to an aromatic ring is 1. The summed E-state index contributed by atoms with van der Waals surface area (Å²) in [6.45, 7) is 0. The van der Waals surface area contributed by atoms with E-state index in [4.69, 9.17) is 16.2 Å². The Morgan fingerprint density at radius 3 is 2.36 bits per heavy atom. The van der Waals surface area contributed by atoms with Gasteiger partial charge < -0.3 is 15.4 Å². The predicted octanol–water partition coefficient (Wildman–Crippen LogP) is 3.35. The standard InChI is InChI=1S/C21H22N4O3/c1-25-17-11-10-15(18(26)4-2-3-5-19(27)28)12-16(17)24-21(25)14-8-6-13(7-9-14)20(22)23/h6-12H,2-5H2,1H3,(H3,22,23)(H,27,28). The summed E-state index contributed by atoms with van der Waals surface area (Å²) >= 11 is 0. The first-order valence-electron chi connectivity index (χ1n) is 9.03. The van der Waals surface area contributed by atoms with Crippen LogP contribution in [0, 0.1) is 5.41 Å². The van der Waals surface area contributed by atoms with Crippen molar-refractivity contribution >= 4 is 28.6 Å². The average molecular weight is 378 g/mol. The van der Waals surface area contributed by atoms with Crippen molar-refractivity contribution in [1.82, 2.24) is 9.55 Å². The number of imidazole rings is 1. The number of carbonyl (C=O) groups excluding carboxylic acids is 1. The molecule has 7 nitrogen and oxygen atoms in total. The summed E-state index contributed by atoms with van der Waals surface area (Å²) in [6, 6.07) is 12.7. The predicted molar refractivity (Wildman–Crippen MR) is 108 cm³/mol. The smallest absolute Gasteiger partial charge is 0.303 e. The molecule has 0 saturated carbocycles. The van der Waals surface area contributed by atoms with Crippen molar-refractivity contribution in [2.45, 2.75) is 25.7 Å². The van der Waals surface area contributed by atoms with E-state index in [-0.39, 0.29) is 18.0 Å². The molecule has 0 aliphatic carbocycles. The van der Waals surface area contributed by atoms with Crippen LogP contribution < -0.4 is 5.73 Å². The average Bonchev–Trinajstić information content (AvgIpc) is 3.01. The maximum absolute atomic E-state index is 12.4. The second-order valence-electron chi connectivity index (χ2n) is 6.71. The van der Waals surface area contributed by atoms with Crippen LogP contribution in [0.15, 0.2) is 42.5 Å². The van der Waals surface area contributed by atoms with Crippen molar-refractivity contribution in [2.24, 2.45) is 12.8 Å². The number of hydrogen-bond acceptors (Lipinski definition) is 4. The molecule has 7 heteroatoms. The van der Waals surface area contributed by atoms with E-state index in [0.29, 0.717) is 30.4 Å². The molecule has 3 rings (SSSR count). The number of unbranched alkanes of at least 4 members (excludes halogenated alkanes) is 1. The first-order valence-corrected chi connectivity index (χ1v) is 9.03. The van der Waals surface area contributed by atoms with E-state index < -0.39 is 5.97 Å². The molecule has 1 aromatic heterocycles. The van der Waals surface area contributed by atoms with Crippen molar-refractivity contribution in [3.05, 3.63) is 53.6 Å². The van der Waals surface area contributed by atoms with Crippen LogP contribution in [0.25, 0.3) is 22.4 Å². The number of aliphatic carboxylic acids is 1. The molecule has 0 amide bonds. The van der Waals surface area contributed by atoms with Crippen LogP contribution in [0.5, 0.6) is 0 Å². The van der Waals surface area contributed by atoms with Gasteiger partial charge in [-0.3, -0.25) is 15.0 Å².